The number of hydrogen-bond acceptors (Lipinski definition) is 7. The van der Waals surface area contributed by atoms with E-state index in [0.717, 1.165) is 106 Å². The van der Waals surface area contributed by atoms with Crippen molar-refractivity contribution < 1.29 is 13.9 Å². The highest BCUT2D eigenvalue weighted by Gasteiger charge is 2.39. The molecule has 40 heavy (non-hydrogen) atoms. The molecule has 0 N–H and O–H groups in total. The van der Waals surface area contributed by atoms with Crippen LogP contribution in [0.15, 0.2) is 42.5 Å². The van der Waals surface area contributed by atoms with E-state index in [-0.39, 0.29) is 0 Å². The van der Waals surface area contributed by atoms with Crippen molar-refractivity contribution in [3.05, 3.63) is 53.9 Å². The zero-order valence-corrected chi connectivity index (χ0v) is 23.9. The summed E-state index contributed by atoms with van der Waals surface area (Å²) >= 11 is 0. The number of piperidine rings is 1. The number of ether oxygens (including phenoxy) is 2. The molecule has 3 heterocycles. The van der Waals surface area contributed by atoms with E-state index in [1.54, 1.807) is 7.11 Å². The van der Waals surface area contributed by atoms with E-state index in [4.69, 9.17) is 19.4 Å². The van der Waals surface area contributed by atoms with Gasteiger partial charge in [0.2, 0.25) is 0 Å². The van der Waals surface area contributed by atoms with Crippen LogP contribution in [-0.4, -0.2) is 81.5 Å². The number of para-hydroxylation sites is 1. The molecule has 0 amide bonds. The normalized spacial score (nSPS) is 20.2. The number of methoxy groups -OCH3 is 1. The standard InChI is InChI=1S/C32H42FN5O2/c1-36(17-18-37-19-21-40-22-20-37)25-9-10-28-27(23-25)30(35-31(34-28)32(33)13-5-6-14-32)38-15-11-24(12-16-38)26-7-3-4-8-29(26)39-2/h3-4,7-10,23-24H,5-6,11-22H2,1-2H3. The van der Waals surface area contributed by atoms with Gasteiger partial charge in [0.15, 0.2) is 11.5 Å². The van der Waals surface area contributed by atoms with Gasteiger partial charge in [-0.3, -0.25) is 4.90 Å². The van der Waals surface area contributed by atoms with Crippen LogP contribution in [0.1, 0.15) is 55.8 Å². The summed E-state index contributed by atoms with van der Waals surface area (Å²) in [7, 11) is 3.89. The number of rotatable bonds is 8. The molecule has 0 unspecified atom stereocenters. The molecule has 7 nitrogen and oxygen atoms in total. The van der Waals surface area contributed by atoms with Crippen molar-refractivity contribution in [1.82, 2.24) is 14.9 Å². The van der Waals surface area contributed by atoms with Crippen LogP contribution in [0.2, 0.25) is 0 Å². The second kappa shape index (κ2) is 11.9. The number of benzene rings is 2. The van der Waals surface area contributed by atoms with Crippen LogP contribution in [0.25, 0.3) is 10.9 Å². The monoisotopic (exact) mass is 547 g/mol. The Kier molecular flexibility index (Phi) is 8.08. The first-order chi connectivity index (χ1) is 19.5. The highest BCUT2D eigenvalue weighted by atomic mass is 19.1. The number of fused-ring (bicyclic) bond motifs is 1. The van der Waals surface area contributed by atoms with Crippen LogP contribution in [-0.2, 0) is 10.4 Å². The molecule has 0 radical (unpaired) electrons. The SMILES string of the molecule is COc1ccccc1C1CCN(c2nc(C3(F)CCCC3)nc3ccc(N(C)CCN4CCOCC4)cc23)CC1. The number of halogens is 1. The average Bonchev–Trinajstić information content (AvgIpc) is 3.47. The van der Waals surface area contributed by atoms with Gasteiger partial charge in [-0.15, -0.1) is 0 Å². The quantitative estimate of drug-likeness (QED) is 0.368. The van der Waals surface area contributed by atoms with Gasteiger partial charge in [-0.05, 0) is 74.3 Å². The molecule has 0 spiro atoms. The predicted molar refractivity (Wildman–Crippen MR) is 159 cm³/mol. The van der Waals surface area contributed by atoms with Gasteiger partial charge in [-0.1, -0.05) is 18.2 Å². The molecule has 0 atom stereocenters. The first kappa shape index (κ1) is 27.2. The van der Waals surface area contributed by atoms with Crippen LogP contribution >= 0.6 is 0 Å². The van der Waals surface area contributed by atoms with E-state index < -0.39 is 5.67 Å². The fraction of sp³-hybridized carbons (Fsp3) is 0.562. The third-order valence-electron chi connectivity index (χ3n) is 9.13. The van der Waals surface area contributed by atoms with E-state index in [2.05, 4.69) is 52.1 Å². The van der Waals surface area contributed by atoms with Gasteiger partial charge in [-0.25, -0.2) is 14.4 Å². The van der Waals surface area contributed by atoms with Gasteiger partial charge < -0.3 is 19.3 Å². The predicted octanol–water partition coefficient (Wildman–Crippen LogP) is 5.53. The molecule has 2 aromatic carbocycles. The third-order valence-corrected chi connectivity index (χ3v) is 9.13. The molecule has 1 aliphatic carbocycles. The van der Waals surface area contributed by atoms with Crippen molar-refractivity contribution in [3.63, 3.8) is 0 Å². The lowest BCUT2D eigenvalue weighted by Gasteiger charge is -2.35. The number of hydrogen-bond donors (Lipinski definition) is 0. The van der Waals surface area contributed by atoms with Gasteiger partial charge in [0.25, 0.3) is 0 Å². The Labute approximate surface area is 237 Å². The molecule has 0 bridgehead atoms. The lowest BCUT2D eigenvalue weighted by molar-refractivity contribution is 0.0393. The Bertz CT molecular complexity index is 1300. The van der Waals surface area contributed by atoms with Crippen molar-refractivity contribution in [2.75, 3.05) is 76.4 Å². The number of aromatic nitrogens is 2. The van der Waals surface area contributed by atoms with E-state index in [1.807, 2.05) is 12.1 Å². The van der Waals surface area contributed by atoms with Gasteiger partial charge >= 0.3 is 0 Å². The molecule has 8 heteroatoms. The second-order valence-corrected chi connectivity index (χ2v) is 11.6. The molecule has 3 aliphatic rings. The Hall–Kier alpha value is -2.97. The zero-order valence-electron chi connectivity index (χ0n) is 23.9. The fourth-order valence-corrected chi connectivity index (χ4v) is 6.59. The molecule has 2 saturated heterocycles. The van der Waals surface area contributed by atoms with Gasteiger partial charge in [0, 0.05) is 57.4 Å². The number of nitrogens with zero attached hydrogens (tertiary/aromatic N) is 5. The minimum atomic E-state index is -1.42. The largest absolute Gasteiger partial charge is 0.496 e. The zero-order chi connectivity index (χ0) is 27.5. The summed E-state index contributed by atoms with van der Waals surface area (Å²) in [6.45, 7) is 7.26. The fourth-order valence-electron chi connectivity index (χ4n) is 6.59. The minimum absolute atomic E-state index is 0.368. The Morgan fingerprint density at radius 3 is 2.52 bits per heavy atom. The molecule has 2 aliphatic heterocycles. The van der Waals surface area contributed by atoms with Crippen LogP contribution < -0.4 is 14.5 Å². The van der Waals surface area contributed by atoms with Crippen molar-refractivity contribution in [2.45, 2.75) is 50.1 Å². The molecule has 1 saturated carbocycles. The molecule has 3 aromatic rings. The van der Waals surface area contributed by atoms with Gasteiger partial charge in [0.05, 0.1) is 25.8 Å². The number of morpholine rings is 1. The van der Waals surface area contributed by atoms with Crippen molar-refractivity contribution in [2.24, 2.45) is 0 Å². The molecular weight excluding hydrogens is 505 g/mol. The first-order valence-corrected chi connectivity index (χ1v) is 14.9. The topological polar surface area (TPSA) is 54.0 Å². The van der Waals surface area contributed by atoms with Crippen LogP contribution in [0.4, 0.5) is 15.9 Å². The highest BCUT2D eigenvalue weighted by molar-refractivity contribution is 5.92. The van der Waals surface area contributed by atoms with Crippen LogP contribution in [0.5, 0.6) is 5.75 Å². The molecular formula is C32H42FN5O2. The summed E-state index contributed by atoms with van der Waals surface area (Å²) in [4.78, 5) is 16.9. The highest BCUT2D eigenvalue weighted by Crippen LogP contribution is 2.43. The van der Waals surface area contributed by atoms with Gasteiger partial charge in [0.1, 0.15) is 11.6 Å². The van der Waals surface area contributed by atoms with Gasteiger partial charge in [-0.2, -0.15) is 0 Å². The van der Waals surface area contributed by atoms with Crippen LogP contribution in [0, 0.1) is 0 Å². The lowest BCUT2D eigenvalue weighted by atomic mass is 9.88. The number of alkyl halides is 1. The molecule has 6 rings (SSSR count). The Morgan fingerprint density at radius 1 is 1.02 bits per heavy atom. The Balaban J connectivity index is 1.28. The Morgan fingerprint density at radius 2 is 1.77 bits per heavy atom. The molecule has 1 aromatic heterocycles. The van der Waals surface area contributed by atoms with Crippen molar-refractivity contribution >= 4 is 22.4 Å². The number of anilines is 2. The maximum atomic E-state index is 16.0. The summed E-state index contributed by atoms with van der Waals surface area (Å²) < 4.78 is 27.1. The second-order valence-electron chi connectivity index (χ2n) is 11.6. The number of likely N-dealkylation sites (N-methyl/N-ethyl adjacent to an activating group) is 1. The maximum absolute atomic E-state index is 16.0. The minimum Gasteiger partial charge on any atom is -0.496 e. The summed E-state index contributed by atoms with van der Waals surface area (Å²) in [6.07, 6.45) is 4.81. The summed E-state index contributed by atoms with van der Waals surface area (Å²) in [5, 5.41) is 1.01. The van der Waals surface area contributed by atoms with Crippen molar-refractivity contribution in [1.29, 1.82) is 0 Å². The summed E-state index contributed by atoms with van der Waals surface area (Å²) in [6, 6.07) is 14.7. The smallest absolute Gasteiger partial charge is 0.170 e. The maximum Gasteiger partial charge on any atom is 0.170 e. The van der Waals surface area contributed by atoms with E-state index in [0.29, 0.717) is 24.6 Å². The molecule has 3 fully saturated rings. The lowest BCUT2D eigenvalue weighted by Crippen LogP contribution is -2.40. The third kappa shape index (κ3) is 5.61. The molecule has 214 valence electrons. The van der Waals surface area contributed by atoms with E-state index >= 15 is 4.39 Å². The van der Waals surface area contributed by atoms with Crippen molar-refractivity contribution in [3.8, 4) is 5.75 Å². The summed E-state index contributed by atoms with van der Waals surface area (Å²) in [5.74, 6) is 2.64. The van der Waals surface area contributed by atoms with E-state index in [1.165, 1.54) is 5.56 Å². The van der Waals surface area contributed by atoms with E-state index in [9.17, 15) is 0 Å². The summed E-state index contributed by atoms with van der Waals surface area (Å²) in [5.41, 5.74) is 1.82. The van der Waals surface area contributed by atoms with Crippen LogP contribution in [0.3, 0.4) is 0 Å². The first-order valence-electron chi connectivity index (χ1n) is 14.9. The average molecular weight is 548 g/mol.